The second kappa shape index (κ2) is 6.15. The molecule has 1 rings (SSSR count). The largest absolute Gasteiger partial charge is 0.329 e. The van der Waals surface area contributed by atoms with Crippen molar-refractivity contribution in [3.8, 4) is 12.1 Å². The van der Waals surface area contributed by atoms with Crippen molar-refractivity contribution in [2.45, 2.75) is 6.04 Å². The van der Waals surface area contributed by atoms with Crippen LogP contribution in [0.3, 0.4) is 0 Å². The monoisotopic (exact) mass is 220 g/mol. The normalized spacial score (nSPS) is 12.0. The van der Waals surface area contributed by atoms with Gasteiger partial charge in [-0.05, 0) is 22.4 Å². The smallest absolute Gasteiger partial charge is 0.0879 e. The van der Waals surface area contributed by atoms with E-state index in [1.165, 1.54) is 0 Å². The van der Waals surface area contributed by atoms with Gasteiger partial charge in [0.1, 0.15) is 0 Å². The standard InChI is InChI=1S/C10H12N4S/c11-2-4-14(5-3-12)10(7-13)9-1-6-15-8-9/h1,6,8,10H,4-5,7,13H2. The Hall–Kier alpha value is -1.40. The highest BCUT2D eigenvalue weighted by atomic mass is 32.1. The Labute approximate surface area is 93.1 Å². The number of nitriles is 2. The van der Waals surface area contributed by atoms with Gasteiger partial charge in [-0.2, -0.15) is 21.9 Å². The molecule has 15 heavy (non-hydrogen) atoms. The Balaban J connectivity index is 2.80. The molecule has 0 radical (unpaired) electrons. The first-order chi connectivity index (χ1) is 7.33. The molecular formula is C10H12N4S. The van der Waals surface area contributed by atoms with Crippen LogP contribution in [0, 0.1) is 22.7 Å². The molecule has 1 heterocycles. The van der Waals surface area contributed by atoms with Gasteiger partial charge in [0, 0.05) is 12.6 Å². The Morgan fingerprint density at radius 3 is 2.47 bits per heavy atom. The van der Waals surface area contributed by atoms with Crippen LogP contribution >= 0.6 is 11.3 Å². The number of hydrogen-bond acceptors (Lipinski definition) is 5. The SMILES string of the molecule is N#CCN(CC#N)C(CN)c1ccsc1. The predicted octanol–water partition coefficient (Wildman–Crippen LogP) is 1.10. The van der Waals surface area contributed by atoms with E-state index in [9.17, 15) is 0 Å². The summed E-state index contributed by atoms with van der Waals surface area (Å²) < 4.78 is 0. The fraction of sp³-hybridized carbons (Fsp3) is 0.400. The van der Waals surface area contributed by atoms with E-state index in [0.29, 0.717) is 6.54 Å². The first-order valence-corrected chi connectivity index (χ1v) is 5.48. The van der Waals surface area contributed by atoms with Crippen molar-refractivity contribution < 1.29 is 0 Å². The van der Waals surface area contributed by atoms with Crippen LogP contribution in [0.4, 0.5) is 0 Å². The van der Waals surface area contributed by atoms with Crippen LogP contribution in [-0.4, -0.2) is 24.5 Å². The maximum atomic E-state index is 8.67. The van der Waals surface area contributed by atoms with E-state index in [4.69, 9.17) is 16.3 Å². The zero-order valence-corrected chi connectivity index (χ0v) is 9.07. The maximum Gasteiger partial charge on any atom is 0.0879 e. The zero-order chi connectivity index (χ0) is 11.1. The van der Waals surface area contributed by atoms with Crippen molar-refractivity contribution in [3.05, 3.63) is 22.4 Å². The molecule has 1 unspecified atom stereocenters. The average molecular weight is 220 g/mol. The summed E-state index contributed by atoms with van der Waals surface area (Å²) >= 11 is 1.59. The van der Waals surface area contributed by atoms with Crippen LogP contribution in [0.15, 0.2) is 16.8 Å². The molecule has 0 aliphatic carbocycles. The van der Waals surface area contributed by atoms with E-state index in [1.807, 2.05) is 16.8 Å². The number of nitrogens with two attached hydrogens (primary N) is 1. The van der Waals surface area contributed by atoms with Gasteiger partial charge in [-0.3, -0.25) is 4.90 Å². The first kappa shape index (κ1) is 11.7. The summed E-state index contributed by atoms with van der Waals surface area (Å²) in [6, 6.07) is 6.05. The topological polar surface area (TPSA) is 76.8 Å². The van der Waals surface area contributed by atoms with E-state index in [0.717, 1.165) is 5.56 Å². The van der Waals surface area contributed by atoms with Gasteiger partial charge in [0.15, 0.2) is 0 Å². The van der Waals surface area contributed by atoms with Crippen molar-refractivity contribution >= 4 is 11.3 Å². The molecule has 0 saturated heterocycles. The molecule has 0 bridgehead atoms. The van der Waals surface area contributed by atoms with Crippen LogP contribution < -0.4 is 5.73 Å². The lowest BCUT2D eigenvalue weighted by molar-refractivity contribution is 0.254. The molecule has 0 amide bonds. The number of nitrogens with zero attached hydrogens (tertiary/aromatic N) is 3. The second-order valence-corrected chi connectivity index (χ2v) is 3.81. The Bertz CT molecular complexity index is 344. The number of rotatable bonds is 5. The summed E-state index contributed by atoms with van der Waals surface area (Å²) in [7, 11) is 0. The average Bonchev–Trinajstić information content (AvgIpc) is 2.73. The van der Waals surface area contributed by atoms with Crippen LogP contribution in [0.1, 0.15) is 11.6 Å². The lowest BCUT2D eigenvalue weighted by atomic mass is 10.1. The van der Waals surface area contributed by atoms with Crippen molar-refractivity contribution in [1.29, 1.82) is 10.5 Å². The fourth-order valence-corrected chi connectivity index (χ4v) is 2.13. The van der Waals surface area contributed by atoms with Gasteiger partial charge in [0.05, 0.1) is 25.2 Å². The van der Waals surface area contributed by atoms with Gasteiger partial charge in [0.25, 0.3) is 0 Å². The quantitative estimate of drug-likeness (QED) is 0.754. The summed E-state index contributed by atoms with van der Waals surface area (Å²) in [5.41, 5.74) is 6.75. The van der Waals surface area contributed by atoms with E-state index < -0.39 is 0 Å². The molecule has 5 heteroatoms. The summed E-state index contributed by atoms with van der Waals surface area (Å²) in [6.07, 6.45) is 0. The van der Waals surface area contributed by atoms with Gasteiger partial charge in [0.2, 0.25) is 0 Å². The molecule has 0 aromatic carbocycles. The molecule has 0 aliphatic heterocycles. The van der Waals surface area contributed by atoms with Gasteiger partial charge in [-0.15, -0.1) is 0 Å². The van der Waals surface area contributed by atoms with Crippen LogP contribution in [0.2, 0.25) is 0 Å². The van der Waals surface area contributed by atoms with Crippen molar-refractivity contribution in [2.75, 3.05) is 19.6 Å². The predicted molar refractivity (Wildman–Crippen MR) is 58.9 cm³/mol. The maximum absolute atomic E-state index is 8.67. The Morgan fingerprint density at radius 2 is 2.07 bits per heavy atom. The summed E-state index contributed by atoms with van der Waals surface area (Å²) in [6.45, 7) is 0.872. The van der Waals surface area contributed by atoms with Crippen molar-refractivity contribution in [2.24, 2.45) is 5.73 Å². The van der Waals surface area contributed by atoms with Gasteiger partial charge in [-0.1, -0.05) is 0 Å². The molecule has 78 valence electrons. The van der Waals surface area contributed by atoms with Gasteiger partial charge >= 0.3 is 0 Å². The molecule has 2 N–H and O–H groups in total. The van der Waals surface area contributed by atoms with E-state index >= 15 is 0 Å². The van der Waals surface area contributed by atoms with Crippen molar-refractivity contribution in [3.63, 3.8) is 0 Å². The molecule has 1 aromatic rings. The minimum absolute atomic E-state index is 0.0319. The molecule has 0 aliphatic rings. The highest BCUT2D eigenvalue weighted by Crippen LogP contribution is 2.21. The molecular weight excluding hydrogens is 208 g/mol. The third-order valence-electron chi connectivity index (χ3n) is 2.14. The third kappa shape index (κ3) is 3.03. The van der Waals surface area contributed by atoms with E-state index in [-0.39, 0.29) is 19.1 Å². The van der Waals surface area contributed by atoms with Crippen LogP contribution in [0.25, 0.3) is 0 Å². The minimum atomic E-state index is -0.0319. The lowest BCUT2D eigenvalue weighted by Crippen LogP contribution is -2.34. The third-order valence-corrected chi connectivity index (χ3v) is 2.84. The molecule has 1 aromatic heterocycles. The van der Waals surface area contributed by atoms with Gasteiger partial charge < -0.3 is 5.73 Å². The second-order valence-electron chi connectivity index (χ2n) is 3.03. The first-order valence-electron chi connectivity index (χ1n) is 4.53. The van der Waals surface area contributed by atoms with Crippen LogP contribution in [-0.2, 0) is 0 Å². The summed E-state index contributed by atoms with van der Waals surface area (Å²) in [5, 5.41) is 21.3. The number of hydrogen-bond donors (Lipinski definition) is 1. The summed E-state index contributed by atoms with van der Waals surface area (Å²) in [4.78, 5) is 1.78. The zero-order valence-electron chi connectivity index (χ0n) is 8.26. The van der Waals surface area contributed by atoms with E-state index in [1.54, 1.807) is 16.2 Å². The van der Waals surface area contributed by atoms with Crippen LogP contribution in [0.5, 0.6) is 0 Å². The lowest BCUT2D eigenvalue weighted by Gasteiger charge is -2.25. The highest BCUT2D eigenvalue weighted by molar-refractivity contribution is 7.07. The van der Waals surface area contributed by atoms with E-state index in [2.05, 4.69) is 12.1 Å². The Morgan fingerprint density at radius 1 is 1.40 bits per heavy atom. The molecule has 0 spiro atoms. The molecule has 1 atom stereocenters. The van der Waals surface area contributed by atoms with Gasteiger partial charge in [-0.25, -0.2) is 0 Å². The fourth-order valence-electron chi connectivity index (χ4n) is 1.42. The minimum Gasteiger partial charge on any atom is -0.329 e. The summed E-state index contributed by atoms with van der Waals surface area (Å²) in [5.74, 6) is 0. The molecule has 4 nitrogen and oxygen atoms in total. The molecule has 0 saturated carbocycles. The number of thiophene rings is 1. The van der Waals surface area contributed by atoms with Crippen molar-refractivity contribution in [1.82, 2.24) is 4.90 Å². The highest BCUT2D eigenvalue weighted by Gasteiger charge is 2.18. The Kier molecular flexibility index (Phi) is 4.79. The molecule has 0 fully saturated rings.